The summed E-state index contributed by atoms with van der Waals surface area (Å²) in [4.78, 5) is 41.2. The lowest BCUT2D eigenvalue weighted by molar-refractivity contribution is -0.120. The number of primary amides is 1. The number of hydrogen-bond donors (Lipinski definition) is 2. The van der Waals surface area contributed by atoms with Gasteiger partial charge in [0, 0.05) is 11.6 Å². The minimum absolute atomic E-state index is 0.116. The summed E-state index contributed by atoms with van der Waals surface area (Å²) in [6.45, 7) is 8.33. The molecule has 28 heavy (non-hydrogen) atoms. The van der Waals surface area contributed by atoms with E-state index in [1.165, 1.54) is 0 Å². The molecule has 1 atom stereocenters. The second-order valence-corrected chi connectivity index (χ2v) is 8.88. The topological polar surface area (TPSA) is 107 Å². The number of thioether (sulfide) groups is 1. The number of carbonyl (C=O) groups is 2. The van der Waals surface area contributed by atoms with E-state index in [2.05, 4.69) is 24.1 Å². The molecular formula is C19H25ClN4O3S. The molecule has 2 rings (SSSR count). The summed E-state index contributed by atoms with van der Waals surface area (Å²) in [5, 5.41) is 2.84. The Kier molecular flexibility index (Phi) is 7.48. The van der Waals surface area contributed by atoms with Crippen LogP contribution in [0.2, 0.25) is 5.02 Å². The van der Waals surface area contributed by atoms with E-state index in [4.69, 9.17) is 17.3 Å². The number of nitrogens with zero attached hydrogens (tertiary/aromatic N) is 2. The third-order valence-corrected chi connectivity index (χ3v) is 5.93. The van der Waals surface area contributed by atoms with Crippen molar-refractivity contribution in [2.24, 2.45) is 17.6 Å². The van der Waals surface area contributed by atoms with E-state index < -0.39 is 17.2 Å². The van der Waals surface area contributed by atoms with E-state index in [1.54, 1.807) is 22.8 Å². The van der Waals surface area contributed by atoms with Crippen LogP contribution in [0.15, 0.2) is 28.2 Å². The molecule has 152 valence electrons. The highest BCUT2D eigenvalue weighted by Gasteiger charge is 2.27. The normalized spacial score (nSPS) is 12.5. The van der Waals surface area contributed by atoms with E-state index >= 15 is 0 Å². The average molecular weight is 425 g/mol. The first kappa shape index (κ1) is 22.2. The zero-order chi connectivity index (χ0) is 21.0. The van der Waals surface area contributed by atoms with Crippen molar-refractivity contribution < 1.29 is 9.59 Å². The number of nitrogens with one attached hydrogen (secondary N) is 1. The molecule has 0 fully saturated rings. The number of urea groups is 1. The molecule has 1 aromatic carbocycles. The molecule has 3 N–H and O–H groups in total. The van der Waals surface area contributed by atoms with Crippen LogP contribution >= 0.6 is 23.4 Å². The van der Waals surface area contributed by atoms with Crippen LogP contribution in [-0.4, -0.2) is 26.7 Å². The summed E-state index contributed by atoms with van der Waals surface area (Å²) < 4.78 is 1.59. The van der Waals surface area contributed by atoms with Gasteiger partial charge in [0.25, 0.3) is 5.56 Å². The second kappa shape index (κ2) is 9.43. The molecule has 0 spiro atoms. The Bertz CT molecular complexity index is 943. The average Bonchev–Trinajstić information content (AvgIpc) is 2.57. The molecule has 0 bridgehead atoms. The Morgan fingerprint density at radius 2 is 1.96 bits per heavy atom. The first-order valence-corrected chi connectivity index (χ1v) is 10.3. The minimum Gasteiger partial charge on any atom is -0.351 e. The molecular weight excluding hydrogens is 400 g/mol. The van der Waals surface area contributed by atoms with Crippen LogP contribution in [0.4, 0.5) is 4.79 Å². The van der Waals surface area contributed by atoms with Gasteiger partial charge in [-0.25, -0.2) is 9.78 Å². The summed E-state index contributed by atoms with van der Waals surface area (Å²) >= 11 is 7.21. The number of carbonyl (C=O) groups excluding carboxylic acids is 2. The van der Waals surface area contributed by atoms with E-state index in [-0.39, 0.29) is 11.5 Å². The van der Waals surface area contributed by atoms with Crippen LogP contribution in [0.25, 0.3) is 10.9 Å². The number of benzene rings is 1. The van der Waals surface area contributed by atoms with Gasteiger partial charge in [-0.3, -0.25) is 19.5 Å². The van der Waals surface area contributed by atoms with Gasteiger partial charge in [-0.2, -0.15) is 0 Å². The quantitative estimate of drug-likeness (QED) is 0.523. The first-order chi connectivity index (χ1) is 13.1. The summed E-state index contributed by atoms with van der Waals surface area (Å²) in [6, 6.07) is 4.03. The van der Waals surface area contributed by atoms with E-state index in [9.17, 15) is 14.4 Å². The predicted octanol–water partition coefficient (Wildman–Crippen LogP) is 3.41. The second-order valence-electron chi connectivity index (χ2n) is 7.33. The van der Waals surface area contributed by atoms with Crippen LogP contribution in [0.1, 0.15) is 34.1 Å². The van der Waals surface area contributed by atoms with Crippen molar-refractivity contribution in [3.8, 4) is 0 Å². The third-order valence-electron chi connectivity index (χ3n) is 4.16. The Morgan fingerprint density at radius 3 is 2.54 bits per heavy atom. The van der Waals surface area contributed by atoms with E-state index in [1.807, 2.05) is 13.8 Å². The number of amides is 3. The third kappa shape index (κ3) is 5.48. The summed E-state index contributed by atoms with van der Waals surface area (Å²) in [5.41, 5.74) is 5.38. The Hall–Kier alpha value is -2.06. The fourth-order valence-electron chi connectivity index (χ4n) is 2.65. The number of imide groups is 1. The number of nitrogens with two attached hydrogens (primary N) is 1. The van der Waals surface area contributed by atoms with Crippen molar-refractivity contribution in [3.05, 3.63) is 33.6 Å². The van der Waals surface area contributed by atoms with Gasteiger partial charge in [-0.05, 0) is 36.5 Å². The molecule has 0 aliphatic carbocycles. The van der Waals surface area contributed by atoms with Crippen molar-refractivity contribution in [3.63, 3.8) is 0 Å². The van der Waals surface area contributed by atoms with Crippen molar-refractivity contribution >= 4 is 46.2 Å². The zero-order valence-corrected chi connectivity index (χ0v) is 17.9. The molecule has 7 nitrogen and oxygen atoms in total. The van der Waals surface area contributed by atoms with Gasteiger partial charge in [0.1, 0.15) is 0 Å². The zero-order valence-electron chi connectivity index (χ0n) is 16.4. The molecule has 3 amide bonds. The maximum Gasteiger partial charge on any atom is 0.318 e. The van der Waals surface area contributed by atoms with Gasteiger partial charge in [-0.1, -0.05) is 51.1 Å². The monoisotopic (exact) mass is 424 g/mol. The number of fused-ring (bicyclic) bond motifs is 1. The molecule has 1 heterocycles. The number of halogens is 1. The van der Waals surface area contributed by atoms with Crippen LogP contribution in [0.3, 0.4) is 0 Å². The Labute approximate surface area is 173 Å². The van der Waals surface area contributed by atoms with Crippen molar-refractivity contribution in [2.75, 3.05) is 0 Å². The lowest BCUT2D eigenvalue weighted by Crippen LogP contribution is -2.42. The lowest BCUT2D eigenvalue weighted by Gasteiger charge is -2.21. The van der Waals surface area contributed by atoms with Crippen LogP contribution in [0, 0.1) is 11.8 Å². The fraction of sp³-hybridized carbons (Fsp3) is 0.474. The van der Waals surface area contributed by atoms with Gasteiger partial charge in [0.2, 0.25) is 5.91 Å². The SMILES string of the molecule is CC(C)CCn1c(S[C@@H](C(=O)NC(N)=O)C(C)C)nc2cc(Cl)ccc2c1=O. The Balaban J connectivity index is 2.55. The highest BCUT2D eigenvalue weighted by molar-refractivity contribution is 8.00. The molecule has 1 aromatic heterocycles. The van der Waals surface area contributed by atoms with Gasteiger partial charge in [-0.15, -0.1) is 0 Å². The highest BCUT2D eigenvalue weighted by atomic mass is 35.5. The highest BCUT2D eigenvalue weighted by Crippen LogP contribution is 2.28. The summed E-state index contributed by atoms with van der Waals surface area (Å²) in [5.74, 6) is -0.233. The minimum atomic E-state index is -0.910. The van der Waals surface area contributed by atoms with Crippen LogP contribution in [0.5, 0.6) is 0 Å². The Morgan fingerprint density at radius 1 is 1.29 bits per heavy atom. The molecule has 0 saturated heterocycles. The largest absolute Gasteiger partial charge is 0.351 e. The van der Waals surface area contributed by atoms with Gasteiger partial charge >= 0.3 is 6.03 Å². The smallest absolute Gasteiger partial charge is 0.318 e. The number of hydrogen-bond acceptors (Lipinski definition) is 5. The van der Waals surface area contributed by atoms with E-state index in [0.29, 0.717) is 33.5 Å². The van der Waals surface area contributed by atoms with Gasteiger partial charge < -0.3 is 5.73 Å². The molecule has 9 heteroatoms. The molecule has 0 unspecified atom stereocenters. The fourth-order valence-corrected chi connectivity index (χ4v) is 3.93. The number of rotatable bonds is 7. The van der Waals surface area contributed by atoms with Crippen molar-refractivity contribution in [2.45, 2.75) is 51.1 Å². The molecule has 0 aliphatic heterocycles. The molecule has 0 radical (unpaired) electrons. The number of aromatic nitrogens is 2. The van der Waals surface area contributed by atoms with Crippen LogP contribution < -0.4 is 16.6 Å². The standard InChI is InChI=1S/C19H25ClN4O3S/c1-10(2)7-8-24-17(26)13-6-5-12(20)9-14(13)22-19(24)28-15(11(3)4)16(25)23-18(21)27/h5-6,9-11,15H,7-8H2,1-4H3,(H3,21,23,25,27)/t15-/m1/s1. The van der Waals surface area contributed by atoms with E-state index in [0.717, 1.165) is 18.2 Å². The van der Waals surface area contributed by atoms with Crippen molar-refractivity contribution in [1.29, 1.82) is 0 Å². The first-order valence-electron chi connectivity index (χ1n) is 9.07. The van der Waals surface area contributed by atoms with Crippen molar-refractivity contribution in [1.82, 2.24) is 14.9 Å². The predicted molar refractivity (Wildman–Crippen MR) is 113 cm³/mol. The maximum atomic E-state index is 13.1. The molecule has 2 aromatic rings. The molecule has 0 aliphatic rings. The summed E-state index contributed by atoms with van der Waals surface area (Å²) in [6.07, 6.45) is 0.786. The maximum absolute atomic E-state index is 13.1. The van der Waals surface area contributed by atoms with Gasteiger partial charge in [0.05, 0.1) is 16.2 Å². The molecule has 0 saturated carbocycles. The van der Waals surface area contributed by atoms with Gasteiger partial charge in [0.15, 0.2) is 5.16 Å². The summed E-state index contributed by atoms with van der Waals surface area (Å²) in [7, 11) is 0. The lowest BCUT2D eigenvalue weighted by atomic mass is 10.1. The van der Waals surface area contributed by atoms with Crippen LogP contribution in [-0.2, 0) is 11.3 Å².